The summed E-state index contributed by atoms with van der Waals surface area (Å²) in [7, 11) is -3.72. The van der Waals surface area contributed by atoms with Crippen molar-refractivity contribution in [3.63, 3.8) is 0 Å². The number of amides is 1. The maximum Gasteiger partial charge on any atom is 0.285 e. The molecule has 146 valence electrons. The zero-order valence-corrected chi connectivity index (χ0v) is 16.9. The van der Waals surface area contributed by atoms with Gasteiger partial charge in [0.15, 0.2) is 5.84 Å². The highest BCUT2D eigenvalue weighted by atomic mass is 35.5. The molecular formula is C20H20ClN3O3S. The Balaban J connectivity index is 1.65. The number of amidine groups is 1. The van der Waals surface area contributed by atoms with Crippen molar-refractivity contribution in [1.82, 2.24) is 4.90 Å². The number of piperidine rings is 1. The summed E-state index contributed by atoms with van der Waals surface area (Å²) in [6, 6.07) is 11.6. The minimum Gasteiger partial charge on any atom is -0.343 e. The van der Waals surface area contributed by atoms with Crippen LogP contribution >= 0.6 is 11.6 Å². The van der Waals surface area contributed by atoms with Crippen LogP contribution < -0.4 is 5.32 Å². The Morgan fingerprint density at radius 3 is 2.79 bits per heavy atom. The highest BCUT2D eigenvalue weighted by Gasteiger charge is 2.38. The molecule has 0 radical (unpaired) electrons. The van der Waals surface area contributed by atoms with Crippen LogP contribution in [0.4, 0.5) is 5.69 Å². The van der Waals surface area contributed by atoms with Crippen LogP contribution in [0.15, 0.2) is 51.8 Å². The number of halogens is 1. The summed E-state index contributed by atoms with van der Waals surface area (Å²) in [5, 5.41) is 3.57. The Morgan fingerprint density at radius 1 is 1.21 bits per heavy atom. The van der Waals surface area contributed by atoms with Crippen LogP contribution in [0.5, 0.6) is 0 Å². The molecule has 0 aliphatic carbocycles. The van der Waals surface area contributed by atoms with Crippen molar-refractivity contribution in [2.24, 2.45) is 4.40 Å². The number of hydrogen-bond donors (Lipinski definition) is 1. The number of anilines is 1. The third kappa shape index (κ3) is 3.40. The molecule has 1 amide bonds. The van der Waals surface area contributed by atoms with Crippen LogP contribution in [-0.2, 0) is 14.8 Å². The van der Waals surface area contributed by atoms with Gasteiger partial charge in [0.25, 0.3) is 10.0 Å². The molecule has 8 heteroatoms. The summed E-state index contributed by atoms with van der Waals surface area (Å²) in [5.74, 6) is 0.192. The molecule has 2 aliphatic rings. The lowest BCUT2D eigenvalue weighted by atomic mass is 9.99. The Kier molecular flexibility index (Phi) is 4.89. The van der Waals surface area contributed by atoms with Crippen molar-refractivity contribution >= 4 is 39.1 Å². The number of sulfonamides is 1. The quantitative estimate of drug-likeness (QED) is 0.809. The first-order valence-electron chi connectivity index (χ1n) is 9.15. The van der Waals surface area contributed by atoms with Gasteiger partial charge in [-0.25, -0.2) is 0 Å². The third-order valence-electron chi connectivity index (χ3n) is 5.14. The topological polar surface area (TPSA) is 78.8 Å². The van der Waals surface area contributed by atoms with Crippen LogP contribution in [0.1, 0.15) is 30.4 Å². The predicted molar refractivity (Wildman–Crippen MR) is 109 cm³/mol. The van der Waals surface area contributed by atoms with Crippen LogP contribution in [0, 0.1) is 6.92 Å². The molecule has 4 rings (SSSR count). The zero-order chi connectivity index (χ0) is 19.9. The summed E-state index contributed by atoms with van der Waals surface area (Å²) >= 11 is 5.99. The maximum absolute atomic E-state index is 13.1. The monoisotopic (exact) mass is 417 g/mol. The maximum atomic E-state index is 13.1. The van der Waals surface area contributed by atoms with E-state index in [-0.39, 0.29) is 10.8 Å². The standard InChI is InChI=1S/C20H20ClN3O3S/c1-13-12-14(21)9-10-16(13)22-20(25)17-7-4-5-11-24(17)19-15-6-2-3-8-18(15)28(26,27)23-19/h2-3,6,8-10,12,17H,4-5,7,11H2,1H3,(H,22,25)/t17-/m1/s1. The third-order valence-corrected chi connectivity index (χ3v) is 6.70. The average molecular weight is 418 g/mol. The number of nitrogens with zero attached hydrogens (tertiary/aromatic N) is 2. The highest BCUT2D eigenvalue weighted by Crippen LogP contribution is 2.31. The van der Waals surface area contributed by atoms with Gasteiger partial charge < -0.3 is 10.2 Å². The van der Waals surface area contributed by atoms with Crippen molar-refractivity contribution in [1.29, 1.82) is 0 Å². The summed E-state index contributed by atoms with van der Waals surface area (Å²) in [5.41, 5.74) is 2.13. The van der Waals surface area contributed by atoms with E-state index >= 15 is 0 Å². The van der Waals surface area contributed by atoms with Crippen LogP contribution in [0.3, 0.4) is 0 Å². The van der Waals surface area contributed by atoms with E-state index in [2.05, 4.69) is 9.71 Å². The lowest BCUT2D eigenvalue weighted by molar-refractivity contribution is -0.120. The number of carbonyl (C=O) groups excluding carboxylic acids is 1. The minimum atomic E-state index is -3.72. The van der Waals surface area contributed by atoms with Gasteiger partial charge >= 0.3 is 0 Å². The van der Waals surface area contributed by atoms with Crippen LogP contribution in [0.25, 0.3) is 0 Å². The lowest BCUT2D eigenvalue weighted by Gasteiger charge is -2.36. The van der Waals surface area contributed by atoms with Crippen molar-refractivity contribution in [2.75, 3.05) is 11.9 Å². The second kappa shape index (κ2) is 7.22. The fourth-order valence-electron chi connectivity index (χ4n) is 3.74. The SMILES string of the molecule is Cc1cc(Cl)ccc1NC(=O)[C@H]1CCCCN1C1=NS(=O)(=O)c2ccccc21. The number of nitrogens with one attached hydrogen (secondary N) is 1. The first kappa shape index (κ1) is 19.0. The summed E-state index contributed by atoms with van der Waals surface area (Å²) in [6.45, 7) is 2.46. The predicted octanol–water partition coefficient (Wildman–Crippen LogP) is 3.59. The van der Waals surface area contributed by atoms with Gasteiger partial charge in [-0.05, 0) is 62.1 Å². The van der Waals surface area contributed by atoms with Gasteiger partial charge in [0.05, 0.1) is 0 Å². The molecule has 2 heterocycles. The largest absolute Gasteiger partial charge is 0.343 e. The van der Waals surface area contributed by atoms with Crippen molar-refractivity contribution in [2.45, 2.75) is 37.1 Å². The van der Waals surface area contributed by atoms with Gasteiger partial charge in [-0.2, -0.15) is 8.42 Å². The fraction of sp³-hybridized carbons (Fsp3) is 0.300. The first-order valence-corrected chi connectivity index (χ1v) is 11.0. The molecule has 1 saturated heterocycles. The van der Waals surface area contributed by atoms with E-state index < -0.39 is 16.1 Å². The summed E-state index contributed by atoms with van der Waals surface area (Å²) in [6.07, 6.45) is 2.42. The smallest absolute Gasteiger partial charge is 0.285 e. The number of aryl methyl sites for hydroxylation is 1. The van der Waals surface area contributed by atoms with Crippen molar-refractivity contribution in [3.05, 3.63) is 58.6 Å². The normalized spacial score (nSPS) is 20.4. The number of hydrogen-bond acceptors (Lipinski definition) is 4. The summed E-state index contributed by atoms with van der Waals surface area (Å²) < 4.78 is 28.8. The van der Waals surface area contributed by atoms with E-state index in [0.29, 0.717) is 35.1 Å². The van der Waals surface area contributed by atoms with Gasteiger partial charge in [-0.1, -0.05) is 23.7 Å². The molecule has 1 fully saturated rings. The van der Waals surface area contributed by atoms with E-state index in [9.17, 15) is 13.2 Å². The number of carbonyl (C=O) groups is 1. The zero-order valence-electron chi connectivity index (χ0n) is 15.4. The molecule has 0 bridgehead atoms. The highest BCUT2D eigenvalue weighted by molar-refractivity contribution is 7.90. The molecule has 0 unspecified atom stereocenters. The molecule has 2 aliphatic heterocycles. The van der Waals surface area contributed by atoms with Gasteiger partial charge in [0, 0.05) is 22.8 Å². The molecule has 0 saturated carbocycles. The van der Waals surface area contributed by atoms with E-state index in [4.69, 9.17) is 11.6 Å². The van der Waals surface area contributed by atoms with Crippen molar-refractivity contribution < 1.29 is 13.2 Å². The van der Waals surface area contributed by atoms with Gasteiger partial charge in [0.2, 0.25) is 5.91 Å². The summed E-state index contributed by atoms with van der Waals surface area (Å²) in [4.78, 5) is 15.1. The molecular weight excluding hydrogens is 398 g/mol. The van der Waals surface area contributed by atoms with Gasteiger partial charge in [-0.15, -0.1) is 4.40 Å². The average Bonchev–Trinajstić information content (AvgIpc) is 2.95. The minimum absolute atomic E-state index is 0.172. The van der Waals surface area contributed by atoms with E-state index in [1.165, 1.54) is 0 Å². The van der Waals surface area contributed by atoms with Crippen LogP contribution in [0.2, 0.25) is 5.02 Å². The molecule has 2 aromatic rings. The second-order valence-corrected chi connectivity index (χ2v) is 9.05. The van der Waals surface area contributed by atoms with Crippen molar-refractivity contribution in [3.8, 4) is 0 Å². The molecule has 2 aromatic carbocycles. The van der Waals surface area contributed by atoms with Gasteiger partial charge in [-0.3, -0.25) is 4.79 Å². The number of likely N-dealkylation sites (tertiary alicyclic amines) is 1. The molecule has 6 nitrogen and oxygen atoms in total. The molecule has 1 atom stereocenters. The van der Waals surface area contributed by atoms with Gasteiger partial charge in [0.1, 0.15) is 10.9 Å². The Bertz CT molecular complexity index is 1080. The Labute approximate surface area is 169 Å². The fourth-order valence-corrected chi connectivity index (χ4v) is 5.18. The number of rotatable bonds is 2. The molecule has 0 spiro atoms. The Hall–Kier alpha value is -2.38. The van der Waals surface area contributed by atoms with Crippen LogP contribution in [-0.4, -0.2) is 37.6 Å². The molecule has 28 heavy (non-hydrogen) atoms. The molecule has 1 N–H and O–H groups in total. The van der Waals surface area contributed by atoms with E-state index in [1.54, 1.807) is 42.5 Å². The molecule has 0 aromatic heterocycles. The Morgan fingerprint density at radius 2 is 2.00 bits per heavy atom. The number of benzene rings is 2. The number of fused-ring (bicyclic) bond motifs is 1. The van der Waals surface area contributed by atoms with E-state index in [0.717, 1.165) is 18.4 Å². The lowest BCUT2D eigenvalue weighted by Crippen LogP contribution is -2.50. The second-order valence-electron chi connectivity index (χ2n) is 7.04. The van der Waals surface area contributed by atoms with E-state index in [1.807, 2.05) is 11.8 Å². The first-order chi connectivity index (χ1) is 13.4.